The van der Waals surface area contributed by atoms with Crippen molar-refractivity contribution in [3.05, 3.63) is 34.6 Å². The molecule has 1 aliphatic rings. The van der Waals surface area contributed by atoms with Gasteiger partial charge in [0.05, 0.1) is 0 Å². The Balaban J connectivity index is 2.05. The molecule has 2 aromatic rings. The molecule has 1 aromatic carbocycles. The molecule has 0 aliphatic carbocycles. The standard InChI is InChI=1S/C13H15NO6Se/c15-5-7-10(16)11(17)9(13(19)20-7)14-12(18)6-3-1-2-4-8(6)21-14/h1-4,7,9-11,13,15-17,19H,5H2/t7-,9-,10-,11-,13?/m1/s1. The van der Waals surface area contributed by atoms with E-state index >= 15 is 0 Å². The van der Waals surface area contributed by atoms with Crippen LogP contribution in [0.15, 0.2) is 29.1 Å². The van der Waals surface area contributed by atoms with Gasteiger partial charge >= 0.3 is 125 Å². The number of aliphatic hydroxyl groups excluding tert-OH is 4. The zero-order valence-corrected chi connectivity index (χ0v) is 12.6. The molecule has 1 fully saturated rings. The van der Waals surface area contributed by atoms with Crippen molar-refractivity contribution < 1.29 is 25.2 Å². The summed E-state index contributed by atoms with van der Waals surface area (Å²) in [6.07, 6.45) is -5.28. The molecule has 1 unspecified atom stereocenters. The van der Waals surface area contributed by atoms with E-state index in [0.717, 1.165) is 4.26 Å². The Morgan fingerprint density at radius 2 is 1.90 bits per heavy atom. The van der Waals surface area contributed by atoms with E-state index in [1.807, 2.05) is 12.1 Å². The number of fused-ring (bicyclic) bond motifs is 1. The van der Waals surface area contributed by atoms with Crippen LogP contribution in [-0.2, 0) is 4.74 Å². The summed E-state index contributed by atoms with van der Waals surface area (Å²) in [5.41, 5.74) is -0.299. The van der Waals surface area contributed by atoms with E-state index in [0.29, 0.717) is 5.39 Å². The number of ether oxygens (including phenoxy) is 1. The second-order valence-electron chi connectivity index (χ2n) is 4.94. The van der Waals surface area contributed by atoms with E-state index in [9.17, 15) is 20.1 Å². The average Bonchev–Trinajstić information content (AvgIpc) is 2.81. The molecule has 1 saturated heterocycles. The number of nitrogens with zero attached hydrogens (tertiary/aromatic N) is 1. The van der Waals surface area contributed by atoms with Gasteiger partial charge in [0.1, 0.15) is 0 Å². The van der Waals surface area contributed by atoms with Gasteiger partial charge in [-0.05, 0) is 0 Å². The van der Waals surface area contributed by atoms with Gasteiger partial charge < -0.3 is 0 Å². The summed E-state index contributed by atoms with van der Waals surface area (Å²) in [5, 5.41) is 39.7. The van der Waals surface area contributed by atoms with Crippen LogP contribution in [-0.4, -0.2) is 69.9 Å². The van der Waals surface area contributed by atoms with Gasteiger partial charge in [-0.1, -0.05) is 0 Å². The van der Waals surface area contributed by atoms with Crippen molar-refractivity contribution in [2.75, 3.05) is 6.61 Å². The van der Waals surface area contributed by atoms with Crippen molar-refractivity contribution in [2.45, 2.75) is 30.6 Å². The van der Waals surface area contributed by atoms with Crippen LogP contribution in [0.2, 0.25) is 0 Å². The molecule has 3 rings (SSSR count). The van der Waals surface area contributed by atoms with E-state index in [1.54, 1.807) is 12.1 Å². The summed E-state index contributed by atoms with van der Waals surface area (Å²) in [7, 11) is 0. The molecule has 0 amide bonds. The predicted octanol–water partition coefficient (Wildman–Crippen LogP) is -1.97. The predicted molar refractivity (Wildman–Crippen MR) is 74.2 cm³/mol. The third-order valence-electron chi connectivity index (χ3n) is 3.65. The Kier molecular flexibility index (Phi) is 4.02. The van der Waals surface area contributed by atoms with Crippen molar-refractivity contribution >= 4 is 24.4 Å². The summed E-state index contributed by atoms with van der Waals surface area (Å²) in [4.78, 5) is 12.4. The van der Waals surface area contributed by atoms with Crippen LogP contribution >= 0.6 is 0 Å². The topological polar surface area (TPSA) is 112 Å². The molecular formula is C13H15NO6Se. The van der Waals surface area contributed by atoms with E-state index in [-0.39, 0.29) is 5.56 Å². The first-order chi connectivity index (χ1) is 10.0. The fourth-order valence-corrected chi connectivity index (χ4v) is 4.91. The van der Waals surface area contributed by atoms with Gasteiger partial charge in [0.2, 0.25) is 0 Å². The monoisotopic (exact) mass is 361 g/mol. The van der Waals surface area contributed by atoms with E-state index < -0.39 is 52.0 Å². The number of benzene rings is 1. The fraction of sp³-hybridized carbons (Fsp3) is 0.462. The third kappa shape index (κ3) is 2.39. The molecule has 8 heteroatoms. The van der Waals surface area contributed by atoms with Gasteiger partial charge in [-0.3, -0.25) is 0 Å². The van der Waals surface area contributed by atoms with Crippen molar-refractivity contribution in [2.24, 2.45) is 0 Å². The molecule has 2 heterocycles. The molecule has 0 saturated carbocycles. The molecule has 1 aliphatic heterocycles. The first-order valence-electron chi connectivity index (χ1n) is 6.45. The van der Waals surface area contributed by atoms with Crippen molar-refractivity contribution in [1.29, 1.82) is 0 Å². The molecular weight excluding hydrogens is 345 g/mol. The molecule has 4 N–H and O–H groups in total. The minimum absolute atomic E-state index is 0.299. The SMILES string of the molecule is O=c1c2ccccc2[se]n1[C@H]1C(O)O[C@H](CO)[C@@H](O)[C@@H]1O. The summed E-state index contributed by atoms with van der Waals surface area (Å²) < 4.78 is 7.31. The second kappa shape index (κ2) is 5.66. The van der Waals surface area contributed by atoms with Crippen LogP contribution < -0.4 is 5.56 Å². The fourth-order valence-electron chi connectivity index (χ4n) is 2.52. The van der Waals surface area contributed by atoms with Crippen LogP contribution in [0, 0.1) is 0 Å². The summed E-state index contributed by atoms with van der Waals surface area (Å²) in [6, 6.07) is 6.02. The van der Waals surface area contributed by atoms with Crippen LogP contribution in [0.1, 0.15) is 6.04 Å². The third-order valence-corrected chi connectivity index (χ3v) is 6.08. The van der Waals surface area contributed by atoms with Gasteiger partial charge in [-0.15, -0.1) is 0 Å². The molecule has 0 radical (unpaired) electrons. The van der Waals surface area contributed by atoms with Crippen LogP contribution in [0.3, 0.4) is 0 Å². The average molecular weight is 360 g/mol. The minimum atomic E-state index is -1.46. The Bertz CT molecular complexity index is 697. The van der Waals surface area contributed by atoms with Gasteiger partial charge in [0, 0.05) is 0 Å². The molecule has 7 nitrogen and oxygen atoms in total. The number of rotatable bonds is 2. The van der Waals surface area contributed by atoms with E-state index in [4.69, 9.17) is 9.84 Å². The zero-order valence-electron chi connectivity index (χ0n) is 10.9. The van der Waals surface area contributed by atoms with E-state index in [1.165, 1.54) is 3.56 Å². The molecule has 21 heavy (non-hydrogen) atoms. The van der Waals surface area contributed by atoms with Gasteiger partial charge in [0.25, 0.3) is 0 Å². The van der Waals surface area contributed by atoms with Gasteiger partial charge in [0.15, 0.2) is 0 Å². The van der Waals surface area contributed by atoms with Crippen LogP contribution in [0.5, 0.6) is 0 Å². The number of hydrogen-bond acceptors (Lipinski definition) is 6. The maximum atomic E-state index is 12.4. The molecule has 0 spiro atoms. The summed E-state index contributed by atoms with van der Waals surface area (Å²) >= 11 is -0.407. The molecule has 1 aromatic heterocycles. The number of aromatic nitrogens is 1. The Morgan fingerprint density at radius 3 is 2.57 bits per heavy atom. The van der Waals surface area contributed by atoms with Crippen molar-refractivity contribution in [3.63, 3.8) is 0 Å². The van der Waals surface area contributed by atoms with Gasteiger partial charge in [-0.25, -0.2) is 0 Å². The normalized spacial score (nSPS) is 33.4. The first kappa shape index (κ1) is 14.9. The second-order valence-corrected chi connectivity index (χ2v) is 7.07. The van der Waals surface area contributed by atoms with Crippen LogP contribution in [0.4, 0.5) is 0 Å². The molecule has 5 atom stereocenters. The molecule has 114 valence electrons. The zero-order chi connectivity index (χ0) is 15.1. The van der Waals surface area contributed by atoms with Crippen LogP contribution in [0.25, 0.3) is 9.65 Å². The number of aliphatic hydroxyl groups is 4. The molecule has 0 bridgehead atoms. The van der Waals surface area contributed by atoms with Crippen molar-refractivity contribution in [3.8, 4) is 0 Å². The Labute approximate surface area is 125 Å². The summed E-state index contributed by atoms with van der Waals surface area (Å²) in [5.74, 6) is 0. The maximum absolute atomic E-state index is 12.4. The van der Waals surface area contributed by atoms with E-state index in [2.05, 4.69) is 0 Å². The Hall–Kier alpha value is -0.991. The number of hydrogen-bond donors (Lipinski definition) is 4. The first-order valence-corrected chi connectivity index (χ1v) is 8.08. The van der Waals surface area contributed by atoms with Gasteiger partial charge in [-0.2, -0.15) is 0 Å². The quantitative estimate of drug-likeness (QED) is 0.463. The van der Waals surface area contributed by atoms with Crippen molar-refractivity contribution in [1.82, 2.24) is 3.56 Å². The summed E-state index contributed by atoms with van der Waals surface area (Å²) in [6.45, 7) is -0.526. The Morgan fingerprint density at radius 1 is 1.19 bits per heavy atom.